The molecule has 0 bridgehead atoms. The summed E-state index contributed by atoms with van der Waals surface area (Å²) in [6, 6.07) is 8.52. The van der Waals surface area contributed by atoms with Gasteiger partial charge in [-0.1, -0.05) is 29.8 Å². The van der Waals surface area contributed by atoms with Crippen LogP contribution in [0.15, 0.2) is 42.5 Å². The minimum absolute atomic E-state index is 0. The zero-order valence-electron chi connectivity index (χ0n) is 10.9. The number of hydrogen-bond acceptors (Lipinski definition) is 2. The highest BCUT2D eigenvalue weighted by molar-refractivity contribution is 6.30. The van der Waals surface area contributed by atoms with Crippen molar-refractivity contribution in [3.8, 4) is 5.75 Å². The van der Waals surface area contributed by atoms with Crippen LogP contribution in [0.5, 0.6) is 5.75 Å². The molecule has 0 radical (unpaired) electrons. The van der Waals surface area contributed by atoms with Gasteiger partial charge < -0.3 is 10.5 Å². The van der Waals surface area contributed by atoms with E-state index >= 15 is 0 Å². The van der Waals surface area contributed by atoms with E-state index in [0.717, 1.165) is 12.1 Å². The van der Waals surface area contributed by atoms with Gasteiger partial charge in [0.05, 0.1) is 11.1 Å². The zero-order chi connectivity index (χ0) is 15.6. The number of hydrogen-bond donors (Lipinski definition) is 1. The van der Waals surface area contributed by atoms with Crippen LogP contribution in [-0.2, 0) is 0 Å². The van der Waals surface area contributed by atoms with Crippen molar-refractivity contribution in [2.75, 3.05) is 0 Å². The summed E-state index contributed by atoms with van der Waals surface area (Å²) in [5, 5.41) is -0.0695. The predicted octanol–water partition coefficient (Wildman–Crippen LogP) is 4.85. The molecule has 0 unspecified atom stereocenters. The average molecular weight is 356 g/mol. The highest BCUT2D eigenvalue weighted by Crippen LogP contribution is 2.27. The van der Waals surface area contributed by atoms with Crippen molar-refractivity contribution < 1.29 is 22.3 Å². The lowest BCUT2D eigenvalue weighted by atomic mass is 9.99. The maximum Gasteiger partial charge on any atom is 0.573 e. The first-order chi connectivity index (χ1) is 9.76. The monoisotopic (exact) mass is 355 g/mol. The van der Waals surface area contributed by atoms with Gasteiger partial charge in [0.25, 0.3) is 0 Å². The third-order valence-electron chi connectivity index (χ3n) is 2.78. The van der Waals surface area contributed by atoms with Gasteiger partial charge in [0.2, 0.25) is 0 Å². The quantitative estimate of drug-likeness (QED) is 0.799. The number of alkyl halides is 3. The number of rotatable bonds is 3. The molecule has 0 aliphatic carbocycles. The summed E-state index contributed by atoms with van der Waals surface area (Å²) in [7, 11) is 0. The standard InChI is InChI=1S/C14H10ClF4NO.ClH/c15-11-7-9(3-6-12(11)16)13(20)8-1-4-10(5-2-8)21-14(17,18)19;/h1-7,13H,20H2;1H/t13-;/m1./s1. The van der Waals surface area contributed by atoms with E-state index in [4.69, 9.17) is 17.3 Å². The first kappa shape index (κ1) is 18.5. The molecule has 2 N–H and O–H groups in total. The molecule has 2 nitrogen and oxygen atoms in total. The summed E-state index contributed by atoms with van der Waals surface area (Å²) in [5.74, 6) is -0.905. The Hall–Kier alpha value is -1.50. The maximum atomic E-state index is 13.1. The molecule has 2 rings (SSSR count). The van der Waals surface area contributed by atoms with E-state index in [2.05, 4.69) is 4.74 Å². The molecule has 2 aromatic carbocycles. The van der Waals surface area contributed by atoms with Crippen LogP contribution in [0.25, 0.3) is 0 Å². The van der Waals surface area contributed by atoms with Gasteiger partial charge in [-0.05, 0) is 35.4 Å². The smallest absolute Gasteiger partial charge is 0.406 e. The molecule has 0 aliphatic rings. The molecule has 1 atom stereocenters. The highest BCUT2D eigenvalue weighted by Gasteiger charge is 2.31. The SMILES string of the molecule is Cl.N[C@H](c1ccc(OC(F)(F)F)cc1)c1ccc(F)c(Cl)c1. The number of ether oxygens (including phenoxy) is 1. The number of benzene rings is 2. The molecular formula is C14H11Cl2F4NO. The Bertz CT molecular complexity index is 632. The molecule has 8 heteroatoms. The van der Waals surface area contributed by atoms with Gasteiger partial charge in [-0.15, -0.1) is 25.6 Å². The van der Waals surface area contributed by atoms with Crippen molar-refractivity contribution in [1.29, 1.82) is 0 Å². The van der Waals surface area contributed by atoms with Crippen LogP contribution in [0, 0.1) is 5.82 Å². The Morgan fingerprint density at radius 2 is 1.55 bits per heavy atom. The molecule has 0 fully saturated rings. The lowest BCUT2D eigenvalue weighted by Crippen LogP contribution is -2.17. The van der Waals surface area contributed by atoms with E-state index in [-0.39, 0.29) is 23.2 Å². The molecule has 120 valence electrons. The van der Waals surface area contributed by atoms with Gasteiger partial charge >= 0.3 is 6.36 Å². The van der Waals surface area contributed by atoms with Crippen molar-refractivity contribution in [1.82, 2.24) is 0 Å². The van der Waals surface area contributed by atoms with Gasteiger partial charge in [-0.3, -0.25) is 0 Å². The summed E-state index contributed by atoms with van der Waals surface area (Å²) < 4.78 is 53.0. The third kappa shape index (κ3) is 4.76. The summed E-state index contributed by atoms with van der Waals surface area (Å²) in [5.41, 5.74) is 7.06. The largest absolute Gasteiger partial charge is 0.573 e. The van der Waals surface area contributed by atoms with E-state index in [1.54, 1.807) is 0 Å². The molecule has 0 saturated carbocycles. The average Bonchev–Trinajstić information content (AvgIpc) is 2.40. The first-order valence-corrected chi connectivity index (χ1v) is 6.20. The van der Waals surface area contributed by atoms with Gasteiger partial charge in [0.1, 0.15) is 11.6 Å². The minimum atomic E-state index is -4.74. The molecule has 0 saturated heterocycles. The summed E-state index contributed by atoms with van der Waals surface area (Å²) >= 11 is 5.67. The second kappa shape index (κ2) is 7.17. The van der Waals surface area contributed by atoms with Gasteiger partial charge in [-0.25, -0.2) is 4.39 Å². The maximum absolute atomic E-state index is 13.1. The third-order valence-corrected chi connectivity index (χ3v) is 3.07. The second-order valence-corrected chi connectivity index (χ2v) is 4.68. The van der Waals surface area contributed by atoms with Crippen LogP contribution in [0.3, 0.4) is 0 Å². The summed E-state index contributed by atoms with van der Waals surface area (Å²) in [4.78, 5) is 0. The van der Waals surface area contributed by atoms with Crippen LogP contribution in [0.4, 0.5) is 17.6 Å². The van der Waals surface area contributed by atoms with E-state index in [9.17, 15) is 17.6 Å². The Labute approximate surface area is 135 Å². The lowest BCUT2D eigenvalue weighted by molar-refractivity contribution is -0.274. The van der Waals surface area contributed by atoms with Gasteiger partial charge in [-0.2, -0.15) is 0 Å². The van der Waals surface area contributed by atoms with E-state index < -0.39 is 18.2 Å². The highest BCUT2D eigenvalue weighted by atomic mass is 35.5. The summed E-state index contributed by atoms with van der Waals surface area (Å²) in [6.45, 7) is 0. The number of halogens is 6. The van der Waals surface area contributed by atoms with Crippen LogP contribution >= 0.6 is 24.0 Å². The molecule has 2 aromatic rings. The van der Waals surface area contributed by atoms with Crippen molar-refractivity contribution in [2.24, 2.45) is 5.73 Å². The Morgan fingerprint density at radius 1 is 1.00 bits per heavy atom. The lowest BCUT2D eigenvalue weighted by Gasteiger charge is -2.14. The Balaban J connectivity index is 0.00000242. The first-order valence-electron chi connectivity index (χ1n) is 5.82. The van der Waals surface area contributed by atoms with E-state index in [0.29, 0.717) is 11.1 Å². The van der Waals surface area contributed by atoms with Crippen molar-refractivity contribution in [3.63, 3.8) is 0 Å². The second-order valence-electron chi connectivity index (χ2n) is 4.27. The Morgan fingerprint density at radius 3 is 2.05 bits per heavy atom. The molecular weight excluding hydrogens is 345 g/mol. The minimum Gasteiger partial charge on any atom is -0.406 e. The normalized spacial score (nSPS) is 12.5. The molecule has 0 amide bonds. The van der Waals surface area contributed by atoms with Crippen LogP contribution < -0.4 is 10.5 Å². The van der Waals surface area contributed by atoms with Gasteiger partial charge in [0, 0.05) is 0 Å². The zero-order valence-corrected chi connectivity index (χ0v) is 12.5. The van der Waals surface area contributed by atoms with E-state index in [1.165, 1.54) is 30.3 Å². The molecule has 0 spiro atoms. The predicted molar refractivity (Wildman–Crippen MR) is 77.8 cm³/mol. The Kier molecular flexibility index (Phi) is 6.05. The van der Waals surface area contributed by atoms with Crippen molar-refractivity contribution in [3.05, 3.63) is 64.4 Å². The van der Waals surface area contributed by atoms with Crippen LogP contribution in [0.1, 0.15) is 17.2 Å². The summed E-state index contributed by atoms with van der Waals surface area (Å²) in [6.07, 6.45) is -4.74. The molecule has 22 heavy (non-hydrogen) atoms. The van der Waals surface area contributed by atoms with Crippen molar-refractivity contribution >= 4 is 24.0 Å². The van der Waals surface area contributed by atoms with Crippen LogP contribution in [-0.4, -0.2) is 6.36 Å². The number of nitrogens with two attached hydrogens (primary N) is 1. The van der Waals surface area contributed by atoms with Gasteiger partial charge in [0.15, 0.2) is 0 Å². The molecule has 0 aliphatic heterocycles. The van der Waals surface area contributed by atoms with Crippen LogP contribution in [0.2, 0.25) is 5.02 Å². The fourth-order valence-electron chi connectivity index (χ4n) is 1.78. The van der Waals surface area contributed by atoms with Crippen molar-refractivity contribution in [2.45, 2.75) is 12.4 Å². The fourth-order valence-corrected chi connectivity index (χ4v) is 1.96. The molecule has 0 heterocycles. The molecule has 0 aromatic heterocycles. The topological polar surface area (TPSA) is 35.2 Å². The van der Waals surface area contributed by atoms with E-state index in [1.807, 2.05) is 0 Å². The fraction of sp³-hybridized carbons (Fsp3) is 0.143.